The van der Waals surface area contributed by atoms with Crippen molar-refractivity contribution in [1.29, 1.82) is 0 Å². The third-order valence-corrected chi connectivity index (χ3v) is 1.49. The zero-order valence-electron chi connectivity index (χ0n) is 6.45. The number of rotatable bonds is 1. The molecule has 0 spiro atoms. The Hall–Kier alpha value is -1.64. The van der Waals surface area contributed by atoms with Gasteiger partial charge in [0.05, 0.1) is 0 Å². The van der Waals surface area contributed by atoms with Crippen LogP contribution in [0.2, 0.25) is 5.02 Å². The van der Waals surface area contributed by atoms with Crippen LogP contribution >= 0.6 is 11.6 Å². The molecule has 0 atom stereocenters. The van der Waals surface area contributed by atoms with E-state index in [1.54, 1.807) is 24.3 Å². The van der Waals surface area contributed by atoms with Crippen molar-refractivity contribution in [3.8, 4) is 0 Å². The number of nitrogens with zero attached hydrogens (tertiary/aromatic N) is 1. The average Bonchev–Trinajstić information content (AvgIpc) is 2.09. The first-order valence-corrected chi connectivity index (χ1v) is 3.74. The molecule has 0 aliphatic carbocycles. The van der Waals surface area contributed by atoms with Gasteiger partial charge in [-0.2, -0.15) is 0 Å². The summed E-state index contributed by atoms with van der Waals surface area (Å²) in [7, 11) is 0. The van der Waals surface area contributed by atoms with Crippen LogP contribution in [0.4, 0.5) is 10.5 Å². The van der Waals surface area contributed by atoms with Gasteiger partial charge in [0.1, 0.15) is 0 Å². The maximum atomic E-state index is 10.7. The molecule has 0 heterocycles. The Morgan fingerprint density at radius 2 is 2.00 bits per heavy atom. The van der Waals surface area contributed by atoms with E-state index in [0.29, 0.717) is 10.7 Å². The first-order valence-electron chi connectivity index (χ1n) is 3.37. The Labute approximate surface area is 79.2 Å². The molecule has 66 valence electrons. The Bertz CT molecular complexity index is 355. The number of carbonyl (C=O) groups is 1. The topological polar surface area (TPSA) is 58.5 Å². The van der Waals surface area contributed by atoms with Crippen LogP contribution in [0.25, 0.3) is 0 Å². The molecule has 13 heavy (non-hydrogen) atoms. The van der Waals surface area contributed by atoms with Gasteiger partial charge in [0, 0.05) is 10.7 Å². The van der Waals surface area contributed by atoms with E-state index >= 15 is 0 Å². The Balaban J connectivity index is 2.69. The van der Waals surface area contributed by atoms with E-state index < -0.39 is 6.03 Å². The smallest absolute Gasteiger partial charge is 0.305 e. The van der Waals surface area contributed by atoms with E-state index in [1.807, 2.05) is 0 Å². The molecule has 0 aliphatic heterocycles. The first kappa shape index (κ1) is 9.45. The molecule has 1 aromatic carbocycles. The predicted molar refractivity (Wildman–Crippen MR) is 48.6 cm³/mol. The molecule has 0 aromatic heterocycles. The van der Waals surface area contributed by atoms with Crippen molar-refractivity contribution < 1.29 is 9.59 Å². The van der Waals surface area contributed by atoms with Crippen LogP contribution in [0.5, 0.6) is 0 Å². The minimum Gasteiger partial charge on any atom is -0.305 e. The molecule has 0 radical (unpaired) electrons. The number of aliphatic imine (C=N–C) groups is 1. The number of anilines is 1. The summed E-state index contributed by atoms with van der Waals surface area (Å²) >= 11 is 5.61. The molecule has 0 saturated heterocycles. The third-order valence-electron chi connectivity index (χ3n) is 1.24. The van der Waals surface area contributed by atoms with Crippen molar-refractivity contribution in [3.63, 3.8) is 0 Å². The largest absolute Gasteiger partial charge is 0.356 e. The standard InChI is InChI=1S/C8H5ClN2O2/c9-6-1-3-7(4-2-6)11-8(13)10-5-12/h1-4H,(H,11,13). The average molecular weight is 197 g/mol. The Morgan fingerprint density at radius 1 is 1.38 bits per heavy atom. The van der Waals surface area contributed by atoms with E-state index in [1.165, 1.54) is 0 Å². The third kappa shape index (κ3) is 3.07. The molecule has 0 saturated carbocycles. The summed E-state index contributed by atoms with van der Waals surface area (Å²) in [4.78, 5) is 23.3. The number of carbonyl (C=O) groups excluding carboxylic acids is 2. The summed E-state index contributed by atoms with van der Waals surface area (Å²) in [6, 6.07) is 5.67. The molecule has 0 fully saturated rings. The van der Waals surface area contributed by atoms with E-state index in [-0.39, 0.29) is 0 Å². The zero-order chi connectivity index (χ0) is 9.68. The summed E-state index contributed by atoms with van der Waals surface area (Å²) in [6.07, 6.45) is 1.14. The minimum atomic E-state index is -0.752. The highest BCUT2D eigenvalue weighted by Crippen LogP contribution is 2.13. The van der Waals surface area contributed by atoms with Crippen LogP contribution < -0.4 is 5.32 Å². The van der Waals surface area contributed by atoms with Gasteiger partial charge in [0.25, 0.3) is 0 Å². The van der Waals surface area contributed by atoms with Gasteiger partial charge in [-0.1, -0.05) is 11.6 Å². The lowest BCUT2D eigenvalue weighted by molar-refractivity contribution is 0.259. The fraction of sp³-hybridized carbons (Fsp3) is 0. The lowest BCUT2D eigenvalue weighted by Gasteiger charge is -1.98. The number of isocyanates is 1. The van der Waals surface area contributed by atoms with Crippen LogP contribution in [0.3, 0.4) is 0 Å². The van der Waals surface area contributed by atoms with Crippen LogP contribution in [0.15, 0.2) is 29.3 Å². The molecule has 0 bridgehead atoms. The Kier molecular flexibility index (Phi) is 3.20. The van der Waals surface area contributed by atoms with Crippen LogP contribution in [0, 0.1) is 0 Å². The van der Waals surface area contributed by atoms with Gasteiger partial charge in [0.15, 0.2) is 0 Å². The number of amides is 2. The molecule has 0 aliphatic rings. The summed E-state index contributed by atoms with van der Waals surface area (Å²) in [6.45, 7) is 0. The van der Waals surface area contributed by atoms with Crippen molar-refractivity contribution in [1.82, 2.24) is 0 Å². The normalized spacial score (nSPS) is 8.69. The maximum absolute atomic E-state index is 10.7. The van der Waals surface area contributed by atoms with Gasteiger partial charge in [-0.15, -0.1) is 4.99 Å². The molecule has 1 rings (SSSR count). The Morgan fingerprint density at radius 3 is 2.54 bits per heavy atom. The summed E-state index contributed by atoms with van der Waals surface area (Å²) in [5.74, 6) is 0. The van der Waals surface area contributed by atoms with E-state index in [0.717, 1.165) is 6.08 Å². The van der Waals surface area contributed by atoms with Gasteiger partial charge in [0.2, 0.25) is 6.08 Å². The number of nitrogens with one attached hydrogen (secondary N) is 1. The number of hydrogen-bond acceptors (Lipinski definition) is 2. The molecule has 1 aromatic rings. The second-order valence-electron chi connectivity index (χ2n) is 2.14. The van der Waals surface area contributed by atoms with E-state index in [4.69, 9.17) is 11.6 Å². The molecule has 4 nitrogen and oxygen atoms in total. The van der Waals surface area contributed by atoms with Crippen LogP contribution in [-0.2, 0) is 4.79 Å². The maximum Gasteiger partial charge on any atom is 0.356 e. The summed E-state index contributed by atoms with van der Waals surface area (Å²) in [5.41, 5.74) is 0.522. The highest BCUT2D eigenvalue weighted by Gasteiger charge is 1.97. The highest BCUT2D eigenvalue weighted by atomic mass is 35.5. The fourth-order valence-corrected chi connectivity index (χ4v) is 0.852. The van der Waals surface area contributed by atoms with E-state index in [9.17, 15) is 9.59 Å². The van der Waals surface area contributed by atoms with Gasteiger partial charge < -0.3 is 5.32 Å². The molecule has 1 N–H and O–H groups in total. The lowest BCUT2D eigenvalue weighted by atomic mass is 10.3. The van der Waals surface area contributed by atoms with Gasteiger partial charge >= 0.3 is 6.03 Å². The molecular formula is C8H5ClN2O2. The highest BCUT2D eigenvalue weighted by molar-refractivity contribution is 6.30. The number of halogens is 1. The SMILES string of the molecule is O=C=NC(=O)Nc1ccc(Cl)cc1. The lowest BCUT2D eigenvalue weighted by Crippen LogP contribution is -2.05. The van der Waals surface area contributed by atoms with Crippen molar-refractivity contribution >= 4 is 29.4 Å². The van der Waals surface area contributed by atoms with Crippen LogP contribution in [-0.4, -0.2) is 12.1 Å². The molecule has 2 amide bonds. The quantitative estimate of drug-likeness (QED) is 0.553. The van der Waals surface area contributed by atoms with Crippen molar-refractivity contribution in [2.75, 3.05) is 5.32 Å². The number of urea groups is 1. The van der Waals surface area contributed by atoms with Crippen molar-refractivity contribution in [3.05, 3.63) is 29.3 Å². The minimum absolute atomic E-state index is 0.522. The van der Waals surface area contributed by atoms with Crippen molar-refractivity contribution in [2.24, 2.45) is 4.99 Å². The molecule has 5 heteroatoms. The molecule has 0 unspecified atom stereocenters. The molecular weight excluding hydrogens is 192 g/mol. The second kappa shape index (κ2) is 4.40. The van der Waals surface area contributed by atoms with Gasteiger partial charge in [-0.05, 0) is 24.3 Å². The number of benzene rings is 1. The summed E-state index contributed by atoms with van der Waals surface area (Å²) < 4.78 is 0. The van der Waals surface area contributed by atoms with Crippen molar-refractivity contribution in [2.45, 2.75) is 0 Å². The van der Waals surface area contributed by atoms with Gasteiger partial charge in [-0.25, -0.2) is 9.59 Å². The van der Waals surface area contributed by atoms with E-state index in [2.05, 4.69) is 10.3 Å². The second-order valence-corrected chi connectivity index (χ2v) is 2.58. The van der Waals surface area contributed by atoms with Gasteiger partial charge in [-0.3, -0.25) is 0 Å². The monoisotopic (exact) mass is 196 g/mol. The fourth-order valence-electron chi connectivity index (χ4n) is 0.726. The predicted octanol–water partition coefficient (Wildman–Crippen LogP) is 2.21. The summed E-state index contributed by atoms with van der Waals surface area (Å²) in [5, 5.41) is 2.91. The number of hydrogen-bond donors (Lipinski definition) is 1. The zero-order valence-corrected chi connectivity index (χ0v) is 7.21. The first-order chi connectivity index (χ1) is 6.22. The van der Waals surface area contributed by atoms with Crippen LogP contribution in [0.1, 0.15) is 0 Å².